The zero-order chi connectivity index (χ0) is 15.9. The van der Waals surface area contributed by atoms with Gasteiger partial charge in [0.15, 0.2) is 0 Å². The van der Waals surface area contributed by atoms with Crippen LogP contribution in [0.4, 0.5) is 0 Å². The smallest absolute Gasteiger partial charge is 0.122 e. The third-order valence-corrected chi connectivity index (χ3v) is 3.91. The van der Waals surface area contributed by atoms with Crippen LogP contribution in [0.25, 0.3) is 0 Å². The summed E-state index contributed by atoms with van der Waals surface area (Å²) in [5.41, 5.74) is 3.48. The van der Waals surface area contributed by atoms with E-state index in [2.05, 4.69) is 54.8 Å². The Balaban J connectivity index is 1.78. The van der Waals surface area contributed by atoms with Crippen LogP contribution < -0.4 is 4.74 Å². The van der Waals surface area contributed by atoms with Gasteiger partial charge in [-0.1, -0.05) is 17.7 Å². The maximum Gasteiger partial charge on any atom is 0.122 e. The third kappa shape index (κ3) is 4.81. The van der Waals surface area contributed by atoms with E-state index in [0.29, 0.717) is 12.6 Å². The topological polar surface area (TPSA) is 38.2 Å². The largest absolute Gasteiger partial charge is 0.492 e. The summed E-state index contributed by atoms with van der Waals surface area (Å²) in [7, 11) is 2.12. The normalized spacial score (nSPS) is 12.4. The Hall–Kier alpha value is -1.94. The van der Waals surface area contributed by atoms with Gasteiger partial charge < -0.3 is 4.74 Å². The number of hydrogen-bond acceptors (Lipinski definition) is 4. The van der Waals surface area contributed by atoms with E-state index < -0.39 is 0 Å². The minimum absolute atomic E-state index is 0.402. The lowest BCUT2D eigenvalue weighted by Gasteiger charge is -2.24. The first kappa shape index (κ1) is 16.4. The fourth-order valence-electron chi connectivity index (χ4n) is 2.38. The first-order valence-electron chi connectivity index (χ1n) is 7.71. The van der Waals surface area contributed by atoms with E-state index in [-0.39, 0.29) is 0 Å². The second-order valence-electron chi connectivity index (χ2n) is 5.85. The van der Waals surface area contributed by atoms with Gasteiger partial charge in [-0.25, -0.2) is 0 Å². The molecule has 1 aromatic heterocycles. The van der Waals surface area contributed by atoms with Gasteiger partial charge in [0.2, 0.25) is 0 Å². The van der Waals surface area contributed by atoms with Crippen LogP contribution in [0.15, 0.2) is 36.8 Å². The lowest BCUT2D eigenvalue weighted by molar-refractivity contribution is 0.197. The standard InChI is InChI=1S/C18H25N3O/c1-14-5-6-18(15(2)11-14)22-10-9-21(4)16(3)12-17-13-19-7-8-20-17/h5-8,11,13,16H,9-10,12H2,1-4H3/t16-/m1/s1. The second kappa shape index (κ2) is 7.90. The van der Waals surface area contributed by atoms with Crippen molar-refractivity contribution in [3.8, 4) is 5.75 Å². The van der Waals surface area contributed by atoms with Gasteiger partial charge in [-0.15, -0.1) is 0 Å². The molecule has 1 heterocycles. The molecule has 4 nitrogen and oxygen atoms in total. The highest BCUT2D eigenvalue weighted by Gasteiger charge is 2.11. The zero-order valence-corrected chi connectivity index (χ0v) is 13.9. The van der Waals surface area contributed by atoms with Gasteiger partial charge in [0.25, 0.3) is 0 Å². The molecular weight excluding hydrogens is 274 g/mol. The minimum atomic E-state index is 0.402. The summed E-state index contributed by atoms with van der Waals surface area (Å²) in [4.78, 5) is 10.7. The molecule has 0 aliphatic rings. The molecule has 4 heteroatoms. The van der Waals surface area contributed by atoms with E-state index in [1.165, 1.54) is 11.1 Å². The maximum absolute atomic E-state index is 5.89. The summed E-state index contributed by atoms with van der Waals surface area (Å²) in [6.07, 6.45) is 6.17. The molecule has 0 amide bonds. The summed E-state index contributed by atoms with van der Waals surface area (Å²) in [6.45, 7) is 7.95. The summed E-state index contributed by atoms with van der Waals surface area (Å²) in [5, 5.41) is 0. The Morgan fingerprint density at radius 2 is 2.05 bits per heavy atom. The number of benzene rings is 1. The number of likely N-dealkylation sites (N-methyl/N-ethyl adjacent to an activating group) is 1. The fraction of sp³-hybridized carbons (Fsp3) is 0.444. The van der Waals surface area contributed by atoms with Gasteiger partial charge in [0.05, 0.1) is 5.69 Å². The first-order chi connectivity index (χ1) is 10.6. The molecule has 2 rings (SSSR count). The maximum atomic E-state index is 5.89. The van der Waals surface area contributed by atoms with E-state index in [1.54, 1.807) is 12.4 Å². The van der Waals surface area contributed by atoms with Crippen molar-refractivity contribution in [2.24, 2.45) is 0 Å². The molecule has 0 spiro atoms. The highest BCUT2D eigenvalue weighted by Crippen LogP contribution is 2.18. The SMILES string of the molecule is Cc1ccc(OCCN(C)[C@H](C)Cc2cnccn2)c(C)c1. The number of aryl methyl sites for hydroxylation is 2. The van der Waals surface area contributed by atoms with Crippen molar-refractivity contribution in [3.63, 3.8) is 0 Å². The van der Waals surface area contributed by atoms with Crippen LogP contribution in [-0.4, -0.2) is 41.1 Å². The molecular formula is C18H25N3O. The highest BCUT2D eigenvalue weighted by atomic mass is 16.5. The molecule has 1 aromatic carbocycles. The van der Waals surface area contributed by atoms with Crippen LogP contribution in [-0.2, 0) is 6.42 Å². The molecule has 0 radical (unpaired) electrons. The third-order valence-electron chi connectivity index (χ3n) is 3.91. The van der Waals surface area contributed by atoms with Crippen molar-refractivity contribution in [1.29, 1.82) is 0 Å². The molecule has 0 N–H and O–H groups in total. The van der Waals surface area contributed by atoms with Crippen molar-refractivity contribution in [3.05, 3.63) is 53.6 Å². The van der Waals surface area contributed by atoms with Crippen molar-refractivity contribution in [2.45, 2.75) is 33.2 Å². The molecule has 0 fully saturated rings. The predicted molar refractivity (Wildman–Crippen MR) is 89.2 cm³/mol. The van der Waals surface area contributed by atoms with Crippen molar-refractivity contribution < 1.29 is 4.74 Å². The van der Waals surface area contributed by atoms with Crippen LogP contribution >= 0.6 is 0 Å². The summed E-state index contributed by atoms with van der Waals surface area (Å²) >= 11 is 0. The Kier molecular flexibility index (Phi) is 5.90. The number of aromatic nitrogens is 2. The molecule has 1 atom stereocenters. The van der Waals surface area contributed by atoms with Gasteiger partial charge in [-0.2, -0.15) is 0 Å². The summed E-state index contributed by atoms with van der Waals surface area (Å²) < 4.78 is 5.89. The van der Waals surface area contributed by atoms with E-state index in [4.69, 9.17) is 4.74 Å². The van der Waals surface area contributed by atoms with Gasteiger partial charge in [0, 0.05) is 37.6 Å². The summed E-state index contributed by atoms with van der Waals surface area (Å²) in [6, 6.07) is 6.69. The molecule has 118 valence electrons. The van der Waals surface area contributed by atoms with E-state index in [1.807, 2.05) is 12.3 Å². The highest BCUT2D eigenvalue weighted by molar-refractivity contribution is 5.35. The predicted octanol–water partition coefficient (Wildman–Crippen LogP) is 3.04. The molecule has 0 bridgehead atoms. The van der Waals surface area contributed by atoms with Crippen LogP contribution in [0, 0.1) is 13.8 Å². The number of nitrogens with zero attached hydrogens (tertiary/aromatic N) is 3. The van der Waals surface area contributed by atoms with Crippen LogP contribution in [0.2, 0.25) is 0 Å². The molecule has 0 saturated heterocycles. The van der Waals surface area contributed by atoms with Gasteiger partial charge >= 0.3 is 0 Å². The molecule has 22 heavy (non-hydrogen) atoms. The number of hydrogen-bond donors (Lipinski definition) is 0. The van der Waals surface area contributed by atoms with Crippen LogP contribution in [0.1, 0.15) is 23.7 Å². The summed E-state index contributed by atoms with van der Waals surface area (Å²) in [5.74, 6) is 0.973. The van der Waals surface area contributed by atoms with E-state index >= 15 is 0 Å². The minimum Gasteiger partial charge on any atom is -0.492 e. The Morgan fingerprint density at radius 1 is 1.23 bits per heavy atom. The average molecular weight is 299 g/mol. The van der Waals surface area contributed by atoms with E-state index in [0.717, 1.165) is 24.4 Å². The van der Waals surface area contributed by atoms with Crippen molar-refractivity contribution in [1.82, 2.24) is 14.9 Å². The van der Waals surface area contributed by atoms with E-state index in [9.17, 15) is 0 Å². The van der Waals surface area contributed by atoms with Crippen molar-refractivity contribution in [2.75, 3.05) is 20.2 Å². The molecule has 2 aromatic rings. The van der Waals surface area contributed by atoms with Crippen LogP contribution in [0.3, 0.4) is 0 Å². The number of ether oxygens (including phenoxy) is 1. The van der Waals surface area contributed by atoms with Gasteiger partial charge in [0.1, 0.15) is 12.4 Å². The van der Waals surface area contributed by atoms with Gasteiger partial charge in [-0.3, -0.25) is 14.9 Å². The fourth-order valence-corrected chi connectivity index (χ4v) is 2.38. The zero-order valence-electron chi connectivity index (χ0n) is 13.9. The van der Waals surface area contributed by atoms with Crippen molar-refractivity contribution >= 4 is 0 Å². The quantitative estimate of drug-likeness (QED) is 0.787. The number of rotatable bonds is 7. The molecule has 0 aliphatic heterocycles. The second-order valence-corrected chi connectivity index (χ2v) is 5.85. The lowest BCUT2D eigenvalue weighted by Crippen LogP contribution is -2.34. The lowest BCUT2D eigenvalue weighted by atomic mass is 10.1. The Morgan fingerprint density at radius 3 is 2.73 bits per heavy atom. The Labute approximate surface area is 133 Å². The molecule has 0 aliphatic carbocycles. The first-order valence-corrected chi connectivity index (χ1v) is 7.71. The molecule has 0 saturated carbocycles. The Bertz CT molecular complexity index is 586. The molecule has 0 unspecified atom stereocenters. The average Bonchev–Trinajstić information content (AvgIpc) is 2.50. The monoisotopic (exact) mass is 299 g/mol. The van der Waals surface area contributed by atoms with Crippen LogP contribution in [0.5, 0.6) is 5.75 Å². The van der Waals surface area contributed by atoms with Gasteiger partial charge in [-0.05, 0) is 39.4 Å².